The number of carbonyl (C=O) groups is 1. The first-order valence-electron chi connectivity index (χ1n) is 11.3. The Kier molecular flexibility index (Phi) is 6.35. The number of hydrogen-bond donors (Lipinski definition) is 0. The van der Waals surface area contributed by atoms with Gasteiger partial charge in [0.15, 0.2) is 0 Å². The smallest absolute Gasteiger partial charge is 0.446 e. The average Bonchev–Trinajstić information content (AvgIpc) is 2.81. The van der Waals surface area contributed by atoms with Crippen LogP contribution in [-0.4, -0.2) is 44.1 Å². The lowest BCUT2D eigenvalue weighted by Crippen LogP contribution is -2.59. The van der Waals surface area contributed by atoms with Gasteiger partial charge in [-0.2, -0.15) is 13.2 Å². The summed E-state index contributed by atoms with van der Waals surface area (Å²) in [6.07, 6.45) is 2.50. The molecule has 2 bridgehead atoms. The number of alkyl halides is 3. The second-order valence-electron chi connectivity index (χ2n) is 9.27. The minimum absolute atomic E-state index is 0.436. The van der Waals surface area contributed by atoms with E-state index in [2.05, 4.69) is 54.4 Å². The molecule has 2 aromatic carbocycles. The Morgan fingerprint density at radius 1 is 1.06 bits per heavy atom. The quantitative estimate of drug-likeness (QED) is 0.548. The molecule has 5 rings (SSSR count). The molecule has 1 saturated heterocycles. The Balaban J connectivity index is 0.000000363. The maximum absolute atomic E-state index is 10.4. The molecule has 1 heterocycles. The largest absolute Gasteiger partial charge is 0.497 e. The van der Waals surface area contributed by atoms with E-state index in [1.54, 1.807) is 18.2 Å². The Morgan fingerprint density at radius 3 is 2.41 bits per heavy atom. The van der Waals surface area contributed by atoms with Gasteiger partial charge >= 0.3 is 6.18 Å². The lowest BCUT2D eigenvalue weighted by Gasteiger charge is -2.58. The molecule has 2 aliphatic carbocycles. The predicted molar refractivity (Wildman–Crippen MR) is 119 cm³/mol. The second-order valence-corrected chi connectivity index (χ2v) is 9.27. The monoisotopic (exact) mass is 445 g/mol. The zero-order chi connectivity index (χ0) is 22.9. The van der Waals surface area contributed by atoms with Gasteiger partial charge in [0.25, 0.3) is 0 Å². The number of rotatable bonds is 2. The molecule has 172 valence electrons. The molecule has 1 saturated carbocycles. The van der Waals surface area contributed by atoms with Crippen molar-refractivity contribution in [2.45, 2.75) is 56.2 Å². The molecule has 3 aliphatic rings. The molecule has 0 spiro atoms. The number of fused-ring (bicyclic) bond motifs is 1. The number of halogens is 3. The van der Waals surface area contributed by atoms with Gasteiger partial charge < -0.3 is 9.64 Å². The number of methoxy groups -OCH3 is 1. The van der Waals surface area contributed by atoms with Crippen LogP contribution in [-0.2, 0) is 16.6 Å². The van der Waals surface area contributed by atoms with Crippen molar-refractivity contribution in [2.75, 3.05) is 20.7 Å². The molecule has 0 amide bonds. The Labute approximate surface area is 187 Å². The van der Waals surface area contributed by atoms with Crippen molar-refractivity contribution in [3.05, 3.63) is 53.6 Å². The van der Waals surface area contributed by atoms with Gasteiger partial charge in [-0.15, -0.1) is 0 Å². The highest BCUT2D eigenvalue weighted by atomic mass is 19.4. The zero-order valence-electron chi connectivity index (χ0n) is 18.6. The fraction of sp³-hybridized carbons (Fsp3) is 0.500. The normalized spacial score (nSPS) is 26.8. The van der Waals surface area contributed by atoms with Crippen molar-refractivity contribution in [3.8, 4) is 16.9 Å². The fourth-order valence-electron chi connectivity index (χ4n) is 6.16. The van der Waals surface area contributed by atoms with E-state index in [4.69, 9.17) is 9.53 Å². The third-order valence-electron chi connectivity index (χ3n) is 7.67. The summed E-state index contributed by atoms with van der Waals surface area (Å²) < 4.78 is 36.6. The number of piperidine rings is 1. The summed E-state index contributed by atoms with van der Waals surface area (Å²) in [5.41, 5.74) is 6.39. The third kappa shape index (κ3) is 4.29. The van der Waals surface area contributed by atoms with Crippen molar-refractivity contribution >= 4 is 6.29 Å². The van der Waals surface area contributed by atoms with Crippen LogP contribution in [0.15, 0.2) is 42.5 Å². The van der Waals surface area contributed by atoms with E-state index in [0.717, 1.165) is 17.7 Å². The summed E-state index contributed by atoms with van der Waals surface area (Å²) in [6.45, 7) is 1.26. The summed E-state index contributed by atoms with van der Waals surface area (Å²) in [5, 5.41) is 0. The van der Waals surface area contributed by atoms with Crippen LogP contribution < -0.4 is 4.74 Å². The van der Waals surface area contributed by atoms with E-state index in [1.165, 1.54) is 56.2 Å². The Morgan fingerprint density at radius 2 is 1.75 bits per heavy atom. The second kappa shape index (κ2) is 8.89. The molecule has 1 aliphatic heterocycles. The van der Waals surface area contributed by atoms with Crippen molar-refractivity contribution in [1.29, 1.82) is 0 Å². The van der Waals surface area contributed by atoms with E-state index in [0.29, 0.717) is 5.41 Å². The molecular formula is C26H30F3NO2. The topological polar surface area (TPSA) is 29.5 Å². The number of aldehydes is 1. The Bertz CT molecular complexity index is 957. The molecule has 0 N–H and O–H groups in total. The molecule has 3 nitrogen and oxygen atoms in total. The van der Waals surface area contributed by atoms with Crippen molar-refractivity contribution in [3.63, 3.8) is 0 Å². The predicted octanol–water partition coefficient (Wildman–Crippen LogP) is 5.80. The van der Waals surface area contributed by atoms with Gasteiger partial charge in [0.05, 0.1) is 7.11 Å². The van der Waals surface area contributed by atoms with Crippen molar-refractivity contribution in [1.82, 2.24) is 4.90 Å². The lowest BCUT2D eigenvalue weighted by molar-refractivity contribution is -0.156. The molecular weight excluding hydrogens is 415 g/mol. The highest BCUT2D eigenvalue weighted by molar-refractivity contribution is 5.67. The van der Waals surface area contributed by atoms with Gasteiger partial charge in [0, 0.05) is 11.5 Å². The van der Waals surface area contributed by atoms with E-state index in [1.807, 2.05) is 0 Å². The fourth-order valence-corrected chi connectivity index (χ4v) is 6.16. The number of carbonyl (C=O) groups excluding carboxylic acids is 1. The number of ether oxygens (including phenoxy) is 1. The summed E-state index contributed by atoms with van der Waals surface area (Å²) in [7, 11) is 4.08. The number of hydrogen-bond acceptors (Lipinski definition) is 3. The van der Waals surface area contributed by atoms with Crippen LogP contribution in [0.1, 0.15) is 43.2 Å². The zero-order valence-corrected chi connectivity index (χ0v) is 18.6. The van der Waals surface area contributed by atoms with Crippen LogP contribution in [0.2, 0.25) is 0 Å². The number of likely N-dealkylation sites (N-methyl/N-ethyl adjacent to an activating group) is 1. The first-order valence-corrected chi connectivity index (χ1v) is 11.3. The van der Waals surface area contributed by atoms with E-state index < -0.39 is 12.5 Å². The molecule has 6 heteroatoms. The molecule has 3 atom stereocenters. The van der Waals surface area contributed by atoms with E-state index in [9.17, 15) is 13.2 Å². The average molecular weight is 446 g/mol. The minimum Gasteiger partial charge on any atom is -0.497 e. The first-order chi connectivity index (χ1) is 15.3. The van der Waals surface area contributed by atoms with Crippen LogP contribution in [0.4, 0.5) is 13.2 Å². The minimum atomic E-state index is -4.64. The van der Waals surface area contributed by atoms with Gasteiger partial charge in [-0.25, -0.2) is 0 Å². The molecule has 0 aromatic heterocycles. The Hall–Kier alpha value is -2.34. The summed E-state index contributed by atoms with van der Waals surface area (Å²) in [6, 6.07) is 16.6. The van der Waals surface area contributed by atoms with E-state index >= 15 is 0 Å². The molecule has 1 unspecified atom stereocenters. The van der Waals surface area contributed by atoms with Crippen molar-refractivity contribution < 1.29 is 22.7 Å². The van der Waals surface area contributed by atoms with Crippen LogP contribution in [0.25, 0.3) is 11.1 Å². The summed E-state index contributed by atoms with van der Waals surface area (Å²) in [4.78, 5) is 11.3. The van der Waals surface area contributed by atoms with Crippen LogP contribution in [0.5, 0.6) is 5.75 Å². The maximum Gasteiger partial charge on any atom is 0.446 e. The van der Waals surface area contributed by atoms with Crippen LogP contribution >= 0.6 is 0 Å². The van der Waals surface area contributed by atoms with Crippen LogP contribution in [0, 0.1) is 5.92 Å². The lowest BCUT2D eigenvalue weighted by atomic mass is 9.52. The first kappa shape index (κ1) is 22.8. The summed E-state index contributed by atoms with van der Waals surface area (Å²) >= 11 is 0. The van der Waals surface area contributed by atoms with Gasteiger partial charge in [-0.05, 0) is 79.6 Å². The van der Waals surface area contributed by atoms with Crippen LogP contribution in [0.3, 0.4) is 0 Å². The van der Waals surface area contributed by atoms with Gasteiger partial charge in [0.2, 0.25) is 6.29 Å². The maximum atomic E-state index is 10.4. The van der Waals surface area contributed by atoms with Gasteiger partial charge in [-0.1, -0.05) is 43.2 Å². The summed E-state index contributed by atoms with van der Waals surface area (Å²) in [5.74, 6) is 1.78. The molecule has 32 heavy (non-hydrogen) atoms. The van der Waals surface area contributed by atoms with E-state index in [-0.39, 0.29) is 0 Å². The third-order valence-corrected chi connectivity index (χ3v) is 7.67. The number of nitrogens with zero attached hydrogens (tertiary/aromatic N) is 1. The van der Waals surface area contributed by atoms with Crippen molar-refractivity contribution in [2.24, 2.45) is 5.92 Å². The highest BCUT2D eigenvalue weighted by Gasteiger charge is 2.52. The number of benzene rings is 2. The molecule has 0 radical (unpaired) electrons. The molecule has 2 aromatic rings. The number of likely N-dealkylation sites (tertiary alicyclic amines) is 1. The standard InChI is InChI=1S/C24H29NO.C2HF3O/c1-25-14-13-24-12-4-3-5-21(24)23(25)16-19-7-6-18(15-22(19)24)17-8-10-20(26-2)11-9-17;3-2(4,5)1-6/h6-11,15,21,23H,3-5,12-14,16H2,1-2H3;1H/t21-,23+,24?;/m1./s1. The van der Waals surface area contributed by atoms with Gasteiger partial charge in [0.1, 0.15) is 5.75 Å². The SMILES string of the molecule is COc1ccc(-c2ccc3c(c2)C24CCCC[C@@H]2[C@H](C3)N(C)CC4)cc1.O=CC(F)(F)F. The molecule has 2 fully saturated rings. The highest BCUT2D eigenvalue weighted by Crippen LogP contribution is 2.55. The van der Waals surface area contributed by atoms with Gasteiger partial charge in [-0.3, -0.25) is 4.79 Å².